The highest BCUT2D eigenvalue weighted by Gasteiger charge is 2.37. The lowest BCUT2D eigenvalue weighted by Crippen LogP contribution is -2.58. The van der Waals surface area contributed by atoms with E-state index < -0.39 is 5.54 Å². The average molecular weight is 299 g/mol. The van der Waals surface area contributed by atoms with Crippen molar-refractivity contribution in [1.82, 2.24) is 10.2 Å². The first-order chi connectivity index (χ1) is 9.99. The Labute approximate surface area is 127 Å². The van der Waals surface area contributed by atoms with Gasteiger partial charge in [0.1, 0.15) is 0 Å². The number of hydrogen-bond donors (Lipinski definition) is 2. The summed E-state index contributed by atoms with van der Waals surface area (Å²) in [5.74, 6) is 0.108. The number of guanidine groups is 1. The predicted molar refractivity (Wildman–Crippen MR) is 85.4 cm³/mol. The van der Waals surface area contributed by atoms with E-state index in [0.29, 0.717) is 6.42 Å². The molecule has 2 N–H and O–H groups in total. The average Bonchev–Trinajstić information content (AvgIpc) is 2.99. The van der Waals surface area contributed by atoms with E-state index in [1.807, 2.05) is 19.1 Å². The summed E-state index contributed by atoms with van der Waals surface area (Å²) in [5.41, 5.74) is 2.80. The maximum absolute atomic E-state index is 12.1. The zero-order valence-electron chi connectivity index (χ0n) is 12.0. The Kier molecular flexibility index (Phi) is 3.29. The first-order valence-electron chi connectivity index (χ1n) is 6.76. The first-order valence-corrected chi connectivity index (χ1v) is 7.70. The van der Waals surface area contributed by atoms with Crippen LogP contribution in [0, 0.1) is 5.41 Å². The molecule has 1 atom stereocenters. The summed E-state index contributed by atoms with van der Waals surface area (Å²) in [5, 5.41) is 15.2. The topological polar surface area (TPSA) is 56.2 Å². The molecular weight excluding hydrogens is 282 g/mol. The molecule has 4 nitrogen and oxygen atoms in total. The molecule has 1 aromatic heterocycles. The molecule has 1 amide bonds. The lowest BCUT2D eigenvalue weighted by atomic mass is 9.85. The highest BCUT2D eigenvalue weighted by molar-refractivity contribution is 7.08. The van der Waals surface area contributed by atoms with Gasteiger partial charge in [-0.1, -0.05) is 18.2 Å². The van der Waals surface area contributed by atoms with Crippen LogP contribution < -0.4 is 5.32 Å². The summed E-state index contributed by atoms with van der Waals surface area (Å²) >= 11 is 1.67. The van der Waals surface area contributed by atoms with Crippen molar-refractivity contribution in [1.29, 1.82) is 5.41 Å². The van der Waals surface area contributed by atoms with E-state index in [1.165, 1.54) is 10.5 Å². The third kappa shape index (κ3) is 2.45. The Morgan fingerprint density at radius 1 is 1.33 bits per heavy atom. The van der Waals surface area contributed by atoms with Crippen molar-refractivity contribution in [3.05, 3.63) is 46.7 Å². The second-order valence-corrected chi connectivity index (χ2v) is 6.31. The van der Waals surface area contributed by atoms with Crippen LogP contribution in [0.4, 0.5) is 0 Å². The minimum atomic E-state index is -0.535. The Balaban J connectivity index is 1.98. The predicted octanol–water partition coefficient (Wildman–Crippen LogP) is 3.02. The van der Waals surface area contributed by atoms with Crippen LogP contribution in [-0.2, 0) is 10.3 Å². The van der Waals surface area contributed by atoms with Gasteiger partial charge in [0, 0.05) is 7.05 Å². The molecular formula is C16H17N3OS. The smallest absolute Gasteiger partial charge is 0.231 e. The van der Waals surface area contributed by atoms with Crippen LogP contribution in [0.1, 0.15) is 18.9 Å². The molecule has 5 heteroatoms. The summed E-state index contributed by atoms with van der Waals surface area (Å²) < 4.78 is 0. The fraction of sp³-hybridized carbons (Fsp3) is 0.250. The summed E-state index contributed by atoms with van der Waals surface area (Å²) in [6.45, 7) is 1.97. The Hall–Kier alpha value is -2.14. The van der Waals surface area contributed by atoms with Gasteiger partial charge in [0.05, 0.1) is 12.0 Å². The molecule has 1 aliphatic heterocycles. The van der Waals surface area contributed by atoms with Crippen LogP contribution in [0.5, 0.6) is 0 Å². The zero-order valence-corrected chi connectivity index (χ0v) is 12.8. The fourth-order valence-electron chi connectivity index (χ4n) is 2.58. The van der Waals surface area contributed by atoms with E-state index in [1.54, 1.807) is 18.4 Å². The van der Waals surface area contributed by atoms with E-state index >= 15 is 0 Å². The molecule has 0 saturated carbocycles. The van der Waals surface area contributed by atoms with Gasteiger partial charge in [0.2, 0.25) is 5.91 Å². The largest absolute Gasteiger partial charge is 0.346 e. The van der Waals surface area contributed by atoms with Crippen molar-refractivity contribution < 1.29 is 4.79 Å². The Bertz CT molecular complexity index is 675. The van der Waals surface area contributed by atoms with Crippen molar-refractivity contribution in [2.75, 3.05) is 7.05 Å². The fourth-order valence-corrected chi connectivity index (χ4v) is 3.25. The lowest BCUT2D eigenvalue weighted by molar-refractivity contribution is -0.129. The van der Waals surface area contributed by atoms with Gasteiger partial charge in [-0.15, -0.1) is 0 Å². The molecule has 0 spiro atoms. The standard InChI is InChI=1S/C16H17N3OS/c1-16(9-14(20)19(2)15(17)18-16)13-5-3-4-11(8-13)12-6-7-21-10-12/h3-8,10H,9H2,1-2H3,(H2,17,18)/t16-/m0/s1. The number of carbonyl (C=O) groups is 1. The minimum absolute atomic E-state index is 0.0396. The highest BCUT2D eigenvalue weighted by atomic mass is 32.1. The Morgan fingerprint density at radius 2 is 2.14 bits per heavy atom. The molecule has 0 unspecified atom stereocenters. The molecule has 0 radical (unpaired) electrons. The first kappa shape index (κ1) is 13.8. The maximum Gasteiger partial charge on any atom is 0.231 e. The number of amides is 1. The molecule has 0 aliphatic carbocycles. The molecule has 108 valence electrons. The van der Waals surface area contributed by atoms with E-state index in [-0.39, 0.29) is 11.9 Å². The van der Waals surface area contributed by atoms with Crippen LogP contribution in [0.3, 0.4) is 0 Å². The SMILES string of the molecule is CN1C(=N)N[C@](C)(c2cccc(-c3ccsc3)c2)CC1=O. The second-order valence-electron chi connectivity index (χ2n) is 5.53. The molecule has 21 heavy (non-hydrogen) atoms. The van der Waals surface area contributed by atoms with Crippen molar-refractivity contribution in [3.8, 4) is 11.1 Å². The molecule has 2 heterocycles. The molecule has 1 aromatic carbocycles. The monoisotopic (exact) mass is 299 g/mol. The van der Waals surface area contributed by atoms with Crippen molar-refractivity contribution in [2.24, 2.45) is 0 Å². The van der Waals surface area contributed by atoms with Crippen LogP contribution in [0.15, 0.2) is 41.1 Å². The Morgan fingerprint density at radius 3 is 2.81 bits per heavy atom. The number of rotatable bonds is 2. The summed E-state index contributed by atoms with van der Waals surface area (Å²) in [6, 6.07) is 10.3. The third-order valence-corrected chi connectivity index (χ3v) is 4.65. The van der Waals surface area contributed by atoms with Gasteiger partial charge in [0.15, 0.2) is 5.96 Å². The van der Waals surface area contributed by atoms with Gasteiger partial charge in [-0.2, -0.15) is 11.3 Å². The van der Waals surface area contributed by atoms with Crippen molar-refractivity contribution in [2.45, 2.75) is 18.9 Å². The molecule has 0 bridgehead atoms. The normalized spacial score (nSPS) is 22.3. The summed E-state index contributed by atoms with van der Waals surface area (Å²) in [6.07, 6.45) is 0.346. The number of carbonyl (C=O) groups excluding carboxylic acids is 1. The van der Waals surface area contributed by atoms with Gasteiger partial charge in [-0.25, -0.2) is 0 Å². The zero-order chi connectivity index (χ0) is 15.0. The van der Waals surface area contributed by atoms with Crippen molar-refractivity contribution in [3.63, 3.8) is 0 Å². The summed E-state index contributed by atoms with van der Waals surface area (Å²) in [4.78, 5) is 13.4. The van der Waals surface area contributed by atoms with Gasteiger partial charge in [0.25, 0.3) is 0 Å². The van der Waals surface area contributed by atoms with E-state index in [2.05, 4.69) is 34.3 Å². The lowest BCUT2D eigenvalue weighted by Gasteiger charge is -2.39. The van der Waals surface area contributed by atoms with Crippen LogP contribution >= 0.6 is 11.3 Å². The van der Waals surface area contributed by atoms with Crippen LogP contribution in [0.2, 0.25) is 0 Å². The van der Waals surface area contributed by atoms with E-state index in [0.717, 1.165) is 11.1 Å². The van der Waals surface area contributed by atoms with Crippen LogP contribution in [0.25, 0.3) is 11.1 Å². The molecule has 3 rings (SSSR count). The number of nitrogens with zero attached hydrogens (tertiary/aromatic N) is 1. The second kappa shape index (κ2) is 5.00. The van der Waals surface area contributed by atoms with Gasteiger partial charge in [-0.05, 0) is 46.5 Å². The highest BCUT2D eigenvalue weighted by Crippen LogP contribution is 2.32. The molecule has 1 fully saturated rings. The number of thiophene rings is 1. The number of hydrogen-bond acceptors (Lipinski definition) is 3. The van der Waals surface area contributed by atoms with E-state index in [9.17, 15) is 4.79 Å². The van der Waals surface area contributed by atoms with E-state index in [4.69, 9.17) is 5.41 Å². The summed E-state index contributed by atoms with van der Waals surface area (Å²) in [7, 11) is 1.62. The maximum atomic E-state index is 12.1. The quantitative estimate of drug-likeness (QED) is 0.895. The number of benzene rings is 1. The molecule has 1 aliphatic rings. The number of nitrogens with one attached hydrogen (secondary N) is 2. The van der Waals surface area contributed by atoms with Crippen LogP contribution in [-0.4, -0.2) is 23.8 Å². The van der Waals surface area contributed by atoms with Gasteiger partial charge >= 0.3 is 0 Å². The molecule has 1 saturated heterocycles. The van der Waals surface area contributed by atoms with Gasteiger partial charge < -0.3 is 5.32 Å². The molecule has 2 aromatic rings. The van der Waals surface area contributed by atoms with Gasteiger partial charge in [-0.3, -0.25) is 15.1 Å². The third-order valence-electron chi connectivity index (χ3n) is 3.96. The minimum Gasteiger partial charge on any atom is -0.346 e. The van der Waals surface area contributed by atoms with Crippen molar-refractivity contribution >= 4 is 23.2 Å².